The van der Waals surface area contributed by atoms with Crippen LogP contribution in [-0.4, -0.2) is 17.9 Å². The summed E-state index contributed by atoms with van der Waals surface area (Å²) in [6.07, 6.45) is 4.63. The number of amides is 1. The molecule has 0 aromatic carbocycles. The summed E-state index contributed by atoms with van der Waals surface area (Å²) in [5.41, 5.74) is 0.934. The van der Waals surface area contributed by atoms with Crippen molar-refractivity contribution in [3.05, 3.63) is 24.2 Å². The molecule has 0 aliphatic rings. The second-order valence-electron chi connectivity index (χ2n) is 3.80. The molecule has 1 aromatic rings. The second kappa shape index (κ2) is 5.96. The highest BCUT2D eigenvalue weighted by molar-refractivity contribution is 5.80. The first kappa shape index (κ1) is 12.3. The van der Waals surface area contributed by atoms with Gasteiger partial charge in [0.05, 0.1) is 18.6 Å². The van der Waals surface area contributed by atoms with E-state index < -0.39 is 5.92 Å². The lowest BCUT2D eigenvalue weighted by Gasteiger charge is -2.18. The Labute approximate surface area is 95.5 Å². The third kappa shape index (κ3) is 3.13. The van der Waals surface area contributed by atoms with Crippen molar-refractivity contribution in [1.29, 1.82) is 5.26 Å². The molecule has 0 bridgehead atoms. The Kier molecular flexibility index (Phi) is 4.59. The van der Waals surface area contributed by atoms with Crippen LogP contribution in [0.3, 0.4) is 0 Å². The number of hydrogen-bond acceptors (Lipinski definition) is 3. The zero-order chi connectivity index (χ0) is 12.0. The molecule has 0 saturated carbocycles. The molecule has 0 spiro atoms. The summed E-state index contributed by atoms with van der Waals surface area (Å²) < 4.78 is 4.93. The number of rotatable bonds is 5. The maximum Gasteiger partial charge on any atom is 0.239 e. The van der Waals surface area contributed by atoms with Crippen molar-refractivity contribution < 1.29 is 9.21 Å². The van der Waals surface area contributed by atoms with Gasteiger partial charge in [-0.1, -0.05) is 13.3 Å². The molecule has 0 fully saturated rings. The normalized spacial score (nSPS) is 11.8. The van der Waals surface area contributed by atoms with E-state index in [0.717, 1.165) is 12.0 Å². The molecule has 0 saturated heterocycles. The quantitative estimate of drug-likeness (QED) is 0.764. The number of carbonyl (C=O) groups excluding carboxylic acids is 1. The van der Waals surface area contributed by atoms with E-state index in [1.165, 1.54) is 0 Å². The van der Waals surface area contributed by atoms with Gasteiger partial charge < -0.3 is 9.32 Å². The third-order valence-electron chi connectivity index (χ3n) is 2.41. The zero-order valence-corrected chi connectivity index (χ0v) is 9.64. The van der Waals surface area contributed by atoms with Gasteiger partial charge in [-0.3, -0.25) is 4.79 Å². The number of furan rings is 1. The monoisotopic (exact) mass is 220 g/mol. The van der Waals surface area contributed by atoms with Crippen molar-refractivity contribution >= 4 is 5.91 Å². The SMILES string of the molecule is CCCC(C#N)C(=O)N(C)Cc1ccoc1. The molecule has 16 heavy (non-hydrogen) atoms. The van der Waals surface area contributed by atoms with Gasteiger partial charge in [0, 0.05) is 19.2 Å². The number of hydrogen-bond donors (Lipinski definition) is 0. The van der Waals surface area contributed by atoms with Gasteiger partial charge in [0.1, 0.15) is 5.92 Å². The molecule has 1 amide bonds. The predicted molar refractivity (Wildman–Crippen MR) is 59.2 cm³/mol. The van der Waals surface area contributed by atoms with E-state index in [1.807, 2.05) is 19.1 Å². The molecular formula is C12H16N2O2. The lowest BCUT2D eigenvalue weighted by molar-refractivity contribution is -0.133. The number of carbonyl (C=O) groups is 1. The molecule has 4 nitrogen and oxygen atoms in total. The minimum atomic E-state index is -0.526. The van der Waals surface area contributed by atoms with E-state index >= 15 is 0 Å². The Hall–Kier alpha value is -1.76. The predicted octanol–water partition coefficient (Wildman–Crippen LogP) is 2.18. The standard InChI is InChI=1S/C12H16N2O2/c1-3-4-11(7-13)12(15)14(2)8-10-5-6-16-9-10/h5-6,9,11H,3-4,8H2,1-2H3. The Bertz CT molecular complexity index is 365. The van der Waals surface area contributed by atoms with Crippen LogP contribution in [-0.2, 0) is 11.3 Å². The zero-order valence-electron chi connectivity index (χ0n) is 9.64. The van der Waals surface area contributed by atoms with Gasteiger partial charge in [0.25, 0.3) is 0 Å². The van der Waals surface area contributed by atoms with Crippen molar-refractivity contribution in [2.75, 3.05) is 7.05 Å². The molecule has 4 heteroatoms. The molecule has 0 aliphatic heterocycles. The molecular weight excluding hydrogens is 204 g/mol. The van der Waals surface area contributed by atoms with Crippen molar-refractivity contribution in [1.82, 2.24) is 4.90 Å². The molecule has 1 atom stereocenters. The first-order valence-corrected chi connectivity index (χ1v) is 5.34. The van der Waals surface area contributed by atoms with Gasteiger partial charge in [-0.2, -0.15) is 5.26 Å². The van der Waals surface area contributed by atoms with Crippen LogP contribution >= 0.6 is 0 Å². The Morgan fingerprint density at radius 2 is 2.44 bits per heavy atom. The fourth-order valence-corrected chi connectivity index (χ4v) is 1.53. The summed E-state index contributed by atoms with van der Waals surface area (Å²) in [6.45, 7) is 2.45. The van der Waals surface area contributed by atoms with E-state index in [4.69, 9.17) is 9.68 Å². The number of nitrogens with zero attached hydrogens (tertiary/aromatic N) is 2. The highest BCUT2D eigenvalue weighted by atomic mass is 16.3. The van der Waals surface area contributed by atoms with Crippen molar-refractivity contribution in [2.24, 2.45) is 5.92 Å². The Morgan fingerprint density at radius 3 is 2.94 bits per heavy atom. The average Bonchev–Trinajstić information content (AvgIpc) is 2.77. The Morgan fingerprint density at radius 1 is 1.69 bits per heavy atom. The highest BCUT2D eigenvalue weighted by Gasteiger charge is 2.20. The van der Waals surface area contributed by atoms with Gasteiger partial charge in [-0.15, -0.1) is 0 Å². The molecule has 86 valence electrons. The van der Waals surface area contributed by atoms with E-state index in [2.05, 4.69) is 0 Å². The summed E-state index contributed by atoms with van der Waals surface area (Å²) in [4.78, 5) is 13.4. The van der Waals surface area contributed by atoms with E-state index in [0.29, 0.717) is 13.0 Å². The summed E-state index contributed by atoms with van der Waals surface area (Å²) in [6, 6.07) is 3.86. The first-order chi connectivity index (χ1) is 7.69. The van der Waals surface area contributed by atoms with E-state index in [-0.39, 0.29) is 5.91 Å². The summed E-state index contributed by atoms with van der Waals surface area (Å²) in [5.74, 6) is -0.646. The topological polar surface area (TPSA) is 57.2 Å². The summed E-state index contributed by atoms with van der Waals surface area (Å²) in [7, 11) is 1.70. The summed E-state index contributed by atoms with van der Waals surface area (Å²) in [5, 5.41) is 8.89. The largest absolute Gasteiger partial charge is 0.472 e. The molecule has 1 unspecified atom stereocenters. The lowest BCUT2D eigenvalue weighted by Crippen LogP contribution is -2.31. The molecule has 0 N–H and O–H groups in total. The fraction of sp³-hybridized carbons (Fsp3) is 0.500. The molecule has 0 radical (unpaired) electrons. The Balaban J connectivity index is 2.56. The summed E-state index contributed by atoms with van der Waals surface area (Å²) >= 11 is 0. The van der Waals surface area contributed by atoms with Crippen LogP contribution in [0.15, 0.2) is 23.0 Å². The first-order valence-electron chi connectivity index (χ1n) is 5.34. The van der Waals surface area contributed by atoms with Crippen LogP contribution in [0.4, 0.5) is 0 Å². The van der Waals surface area contributed by atoms with Gasteiger partial charge >= 0.3 is 0 Å². The van der Waals surface area contributed by atoms with Gasteiger partial charge in [-0.25, -0.2) is 0 Å². The van der Waals surface area contributed by atoms with E-state index in [1.54, 1.807) is 24.5 Å². The maximum atomic E-state index is 11.9. The average molecular weight is 220 g/mol. The van der Waals surface area contributed by atoms with Crippen molar-refractivity contribution in [3.8, 4) is 6.07 Å². The second-order valence-corrected chi connectivity index (χ2v) is 3.80. The molecule has 1 heterocycles. The van der Waals surface area contributed by atoms with Crippen LogP contribution < -0.4 is 0 Å². The van der Waals surface area contributed by atoms with Gasteiger partial charge in [0.15, 0.2) is 0 Å². The van der Waals surface area contributed by atoms with Crippen molar-refractivity contribution in [2.45, 2.75) is 26.3 Å². The maximum absolute atomic E-state index is 11.9. The van der Waals surface area contributed by atoms with Crippen LogP contribution in [0.5, 0.6) is 0 Å². The van der Waals surface area contributed by atoms with Gasteiger partial charge in [0.2, 0.25) is 5.91 Å². The van der Waals surface area contributed by atoms with Crippen molar-refractivity contribution in [3.63, 3.8) is 0 Å². The van der Waals surface area contributed by atoms with E-state index in [9.17, 15) is 4.79 Å². The molecule has 0 aliphatic carbocycles. The third-order valence-corrected chi connectivity index (χ3v) is 2.41. The highest BCUT2D eigenvalue weighted by Crippen LogP contribution is 2.11. The lowest BCUT2D eigenvalue weighted by atomic mass is 10.0. The number of nitriles is 1. The minimum Gasteiger partial charge on any atom is -0.472 e. The van der Waals surface area contributed by atoms with Crippen LogP contribution in [0, 0.1) is 17.2 Å². The minimum absolute atomic E-state index is 0.120. The van der Waals surface area contributed by atoms with Gasteiger partial charge in [-0.05, 0) is 12.5 Å². The smallest absolute Gasteiger partial charge is 0.239 e. The van der Waals surface area contributed by atoms with Crippen LogP contribution in [0.25, 0.3) is 0 Å². The molecule has 1 rings (SSSR count). The van der Waals surface area contributed by atoms with Crippen LogP contribution in [0.1, 0.15) is 25.3 Å². The van der Waals surface area contributed by atoms with Crippen LogP contribution in [0.2, 0.25) is 0 Å². The fourth-order valence-electron chi connectivity index (χ4n) is 1.53. The molecule has 1 aromatic heterocycles.